The van der Waals surface area contributed by atoms with E-state index in [9.17, 15) is 5.11 Å². The Kier molecular flexibility index (Phi) is 4.93. The van der Waals surface area contributed by atoms with Gasteiger partial charge in [0.25, 0.3) is 0 Å². The number of hydrogen-bond donors (Lipinski definition) is 1. The number of benzene rings is 2. The lowest BCUT2D eigenvalue weighted by Gasteiger charge is -2.12. The molecule has 0 aromatic heterocycles. The highest BCUT2D eigenvalue weighted by atomic mass is 16.5. The molecule has 2 rings (SSSR count). The lowest BCUT2D eigenvalue weighted by atomic mass is 10.0. The first-order valence-electron chi connectivity index (χ1n) is 6.75. The molecule has 0 atom stereocenters. The average molecular weight is 288 g/mol. The summed E-state index contributed by atoms with van der Waals surface area (Å²) in [5.74, 6) is 1.75. The minimum Gasteiger partial charge on any atom is -0.502 e. The fraction of sp³-hybridized carbons (Fsp3) is 0.294. The van der Waals surface area contributed by atoms with Crippen molar-refractivity contribution in [2.75, 3.05) is 21.3 Å². The molecular weight excluding hydrogens is 268 g/mol. The van der Waals surface area contributed by atoms with E-state index >= 15 is 0 Å². The summed E-state index contributed by atoms with van der Waals surface area (Å²) in [6, 6.07) is 11.6. The molecule has 0 radical (unpaired) electrons. The number of phenolic OH excluding ortho intramolecular Hbond substituents is 1. The molecule has 0 aliphatic carbocycles. The quantitative estimate of drug-likeness (QED) is 0.886. The third-order valence-electron chi connectivity index (χ3n) is 3.42. The molecule has 0 spiro atoms. The van der Waals surface area contributed by atoms with Crippen molar-refractivity contribution in [3.05, 3.63) is 47.5 Å². The zero-order valence-electron chi connectivity index (χ0n) is 12.6. The van der Waals surface area contributed by atoms with E-state index in [1.807, 2.05) is 36.4 Å². The molecule has 0 saturated heterocycles. The topological polar surface area (TPSA) is 47.9 Å². The summed E-state index contributed by atoms with van der Waals surface area (Å²) in [7, 11) is 4.72. The Morgan fingerprint density at radius 2 is 1.38 bits per heavy atom. The van der Waals surface area contributed by atoms with E-state index in [0.29, 0.717) is 11.5 Å². The van der Waals surface area contributed by atoms with Crippen molar-refractivity contribution in [2.45, 2.75) is 12.8 Å². The maximum absolute atomic E-state index is 9.91. The number of rotatable bonds is 6. The van der Waals surface area contributed by atoms with Crippen LogP contribution < -0.4 is 14.2 Å². The smallest absolute Gasteiger partial charge is 0.200 e. The van der Waals surface area contributed by atoms with Crippen molar-refractivity contribution in [1.29, 1.82) is 0 Å². The molecule has 0 aliphatic rings. The first kappa shape index (κ1) is 15.0. The predicted molar refractivity (Wildman–Crippen MR) is 81.6 cm³/mol. The van der Waals surface area contributed by atoms with Crippen LogP contribution in [0.15, 0.2) is 36.4 Å². The van der Waals surface area contributed by atoms with E-state index in [-0.39, 0.29) is 5.75 Å². The van der Waals surface area contributed by atoms with E-state index < -0.39 is 0 Å². The number of ether oxygens (including phenoxy) is 3. The number of methoxy groups -OCH3 is 3. The van der Waals surface area contributed by atoms with Crippen LogP contribution in [-0.2, 0) is 12.8 Å². The Hall–Kier alpha value is -2.36. The number of hydrogen-bond acceptors (Lipinski definition) is 4. The van der Waals surface area contributed by atoms with Gasteiger partial charge in [0.15, 0.2) is 11.5 Å². The number of phenols is 1. The Labute approximate surface area is 124 Å². The summed E-state index contributed by atoms with van der Waals surface area (Å²) >= 11 is 0. The minimum absolute atomic E-state index is 0.0287. The monoisotopic (exact) mass is 288 g/mol. The standard InChI is InChI=1S/C17H20O4/c1-19-14-7-5-4-6-13(14)9-8-12-10-15(20-2)17(18)16(11-12)21-3/h4-7,10-11,18H,8-9H2,1-3H3. The number of aryl methyl sites for hydroxylation is 2. The summed E-state index contributed by atoms with van der Waals surface area (Å²) < 4.78 is 15.7. The molecule has 4 heteroatoms. The van der Waals surface area contributed by atoms with Crippen LogP contribution in [0.5, 0.6) is 23.0 Å². The molecular formula is C17H20O4. The van der Waals surface area contributed by atoms with Crippen molar-refractivity contribution in [1.82, 2.24) is 0 Å². The van der Waals surface area contributed by atoms with Crippen LogP contribution in [0.2, 0.25) is 0 Å². The van der Waals surface area contributed by atoms with Gasteiger partial charge in [-0.25, -0.2) is 0 Å². The molecule has 21 heavy (non-hydrogen) atoms. The van der Waals surface area contributed by atoms with Crippen LogP contribution in [-0.4, -0.2) is 26.4 Å². The van der Waals surface area contributed by atoms with Gasteiger partial charge in [0.2, 0.25) is 5.75 Å². The van der Waals surface area contributed by atoms with E-state index in [4.69, 9.17) is 14.2 Å². The fourth-order valence-corrected chi connectivity index (χ4v) is 2.28. The molecule has 0 amide bonds. The third kappa shape index (κ3) is 3.40. The molecule has 4 nitrogen and oxygen atoms in total. The lowest BCUT2D eigenvalue weighted by molar-refractivity contribution is 0.339. The fourth-order valence-electron chi connectivity index (χ4n) is 2.28. The summed E-state index contributed by atoms with van der Waals surface area (Å²) in [4.78, 5) is 0. The Bertz CT molecular complexity index is 582. The molecule has 0 saturated carbocycles. The number of aromatic hydroxyl groups is 1. The summed E-state index contributed by atoms with van der Waals surface area (Å²) in [6.07, 6.45) is 1.63. The highest BCUT2D eigenvalue weighted by Crippen LogP contribution is 2.37. The van der Waals surface area contributed by atoms with Crippen LogP contribution in [0.1, 0.15) is 11.1 Å². The molecule has 2 aromatic carbocycles. The molecule has 0 aliphatic heterocycles. The second-order valence-electron chi connectivity index (χ2n) is 4.66. The van der Waals surface area contributed by atoms with E-state index in [1.165, 1.54) is 14.2 Å². The highest BCUT2D eigenvalue weighted by Gasteiger charge is 2.11. The Morgan fingerprint density at radius 1 is 0.810 bits per heavy atom. The lowest BCUT2D eigenvalue weighted by Crippen LogP contribution is -1.97. The highest BCUT2D eigenvalue weighted by molar-refractivity contribution is 5.53. The van der Waals surface area contributed by atoms with Crippen molar-refractivity contribution in [3.8, 4) is 23.0 Å². The molecule has 112 valence electrons. The zero-order chi connectivity index (χ0) is 15.2. The molecule has 0 fully saturated rings. The first-order valence-corrected chi connectivity index (χ1v) is 6.75. The first-order chi connectivity index (χ1) is 10.2. The van der Waals surface area contributed by atoms with E-state index in [0.717, 1.165) is 29.7 Å². The largest absolute Gasteiger partial charge is 0.502 e. The average Bonchev–Trinajstić information content (AvgIpc) is 2.54. The normalized spacial score (nSPS) is 10.2. The number of para-hydroxylation sites is 1. The van der Waals surface area contributed by atoms with Gasteiger partial charge < -0.3 is 19.3 Å². The van der Waals surface area contributed by atoms with Crippen molar-refractivity contribution >= 4 is 0 Å². The van der Waals surface area contributed by atoms with Gasteiger partial charge in [-0.15, -0.1) is 0 Å². The summed E-state index contributed by atoms with van der Waals surface area (Å²) in [6.45, 7) is 0. The van der Waals surface area contributed by atoms with Crippen LogP contribution in [0, 0.1) is 0 Å². The van der Waals surface area contributed by atoms with Gasteiger partial charge in [-0.05, 0) is 42.2 Å². The third-order valence-corrected chi connectivity index (χ3v) is 3.42. The molecule has 0 unspecified atom stereocenters. The maximum atomic E-state index is 9.91. The summed E-state index contributed by atoms with van der Waals surface area (Å²) in [5, 5.41) is 9.91. The van der Waals surface area contributed by atoms with E-state index in [2.05, 4.69) is 0 Å². The molecule has 0 heterocycles. The van der Waals surface area contributed by atoms with Crippen molar-refractivity contribution < 1.29 is 19.3 Å². The van der Waals surface area contributed by atoms with Gasteiger partial charge in [0, 0.05) is 0 Å². The van der Waals surface area contributed by atoms with Gasteiger partial charge in [0.1, 0.15) is 5.75 Å². The van der Waals surface area contributed by atoms with Crippen LogP contribution in [0.4, 0.5) is 0 Å². The molecule has 1 N–H and O–H groups in total. The SMILES string of the molecule is COc1ccccc1CCc1cc(OC)c(O)c(OC)c1. The Morgan fingerprint density at radius 3 is 1.95 bits per heavy atom. The predicted octanol–water partition coefficient (Wildman–Crippen LogP) is 3.20. The van der Waals surface area contributed by atoms with Crippen LogP contribution in [0.3, 0.4) is 0 Å². The van der Waals surface area contributed by atoms with Gasteiger partial charge >= 0.3 is 0 Å². The van der Waals surface area contributed by atoms with E-state index in [1.54, 1.807) is 7.11 Å². The molecule has 2 aromatic rings. The van der Waals surface area contributed by atoms with Crippen molar-refractivity contribution in [2.24, 2.45) is 0 Å². The van der Waals surface area contributed by atoms with Crippen LogP contribution in [0.25, 0.3) is 0 Å². The second-order valence-corrected chi connectivity index (χ2v) is 4.66. The summed E-state index contributed by atoms with van der Waals surface area (Å²) in [5.41, 5.74) is 2.18. The zero-order valence-corrected chi connectivity index (χ0v) is 12.6. The second kappa shape index (κ2) is 6.88. The van der Waals surface area contributed by atoms with Gasteiger partial charge in [-0.1, -0.05) is 18.2 Å². The minimum atomic E-state index is 0.0287. The van der Waals surface area contributed by atoms with Gasteiger partial charge in [-0.3, -0.25) is 0 Å². The Balaban J connectivity index is 2.20. The van der Waals surface area contributed by atoms with Gasteiger partial charge in [-0.2, -0.15) is 0 Å². The maximum Gasteiger partial charge on any atom is 0.200 e. The van der Waals surface area contributed by atoms with Gasteiger partial charge in [0.05, 0.1) is 21.3 Å². The molecule has 0 bridgehead atoms. The van der Waals surface area contributed by atoms with Crippen LogP contribution >= 0.6 is 0 Å². The van der Waals surface area contributed by atoms with Crippen molar-refractivity contribution in [3.63, 3.8) is 0 Å².